The Balaban J connectivity index is 0.000000183. The summed E-state index contributed by atoms with van der Waals surface area (Å²) in [6, 6.07) is 24.3. The zero-order chi connectivity index (χ0) is 31.6. The van der Waals surface area contributed by atoms with Crippen LogP contribution in [0.25, 0.3) is 22.9 Å². The first-order chi connectivity index (χ1) is 21.2. The van der Waals surface area contributed by atoms with Crippen LogP contribution in [0.3, 0.4) is 0 Å². The van der Waals surface area contributed by atoms with Crippen molar-refractivity contribution in [1.82, 2.24) is 34.5 Å². The molecule has 0 unspecified atom stereocenters. The van der Waals surface area contributed by atoms with E-state index in [1.165, 1.54) is 16.7 Å². The van der Waals surface area contributed by atoms with Gasteiger partial charge in [0, 0.05) is 35.7 Å². The Labute approximate surface area is 278 Å². The largest absolute Gasteiger partial charge is 1.00 e. The quantitative estimate of drug-likeness (QED) is 0.157. The molecule has 2 N–H and O–H groups in total. The van der Waals surface area contributed by atoms with Crippen molar-refractivity contribution in [3.05, 3.63) is 131 Å². The van der Waals surface area contributed by atoms with Crippen molar-refractivity contribution in [2.45, 2.75) is 48.5 Å². The second-order valence-electron chi connectivity index (χ2n) is 10.3. The third kappa shape index (κ3) is 9.01. The fraction of sp³-hybridized carbons (Fsp3) is 0.229. The van der Waals surface area contributed by atoms with Gasteiger partial charge in [-0.1, -0.05) is 23.8 Å². The van der Waals surface area contributed by atoms with Crippen molar-refractivity contribution < 1.29 is 24.5 Å². The number of ether oxygens (including phenoxy) is 1. The second kappa shape index (κ2) is 16.5. The van der Waals surface area contributed by atoms with E-state index < -0.39 is 0 Å². The van der Waals surface area contributed by atoms with E-state index >= 15 is 0 Å². The summed E-state index contributed by atoms with van der Waals surface area (Å²) in [5.74, 6) is 2.49. The molecule has 0 saturated heterocycles. The maximum atomic E-state index is 5.33. The first-order valence-corrected chi connectivity index (χ1v) is 14.4. The van der Waals surface area contributed by atoms with Crippen LogP contribution in [0.2, 0.25) is 0 Å². The van der Waals surface area contributed by atoms with Crippen molar-refractivity contribution in [2.75, 3.05) is 6.73 Å². The van der Waals surface area contributed by atoms with Gasteiger partial charge in [-0.2, -0.15) is 10.2 Å². The zero-order valence-electron chi connectivity index (χ0n) is 26.8. The minimum Gasteiger partial charge on any atom is -0.498 e. The molecule has 10 heteroatoms. The van der Waals surface area contributed by atoms with Crippen LogP contribution in [-0.2, 0) is 19.8 Å². The molecule has 0 atom stereocenters. The molecule has 0 aliphatic carbocycles. The van der Waals surface area contributed by atoms with Gasteiger partial charge in [-0.25, -0.2) is 19.3 Å². The van der Waals surface area contributed by atoms with Crippen LogP contribution in [0.15, 0.2) is 85.3 Å². The van der Waals surface area contributed by atoms with E-state index in [1.807, 2.05) is 96.9 Å². The van der Waals surface area contributed by atoms with Gasteiger partial charge in [0.25, 0.3) is 0 Å². The van der Waals surface area contributed by atoms with Gasteiger partial charge in [0.1, 0.15) is 6.73 Å². The number of nitrogens with two attached hydrogens (primary N) is 1. The number of hydrogen-bond acceptors (Lipinski definition) is 7. The number of benzene rings is 1. The molecule has 0 bridgehead atoms. The summed E-state index contributed by atoms with van der Waals surface area (Å²) in [5.41, 5.74) is 15.2. The van der Waals surface area contributed by atoms with Crippen LogP contribution in [0.1, 0.15) is 39.5 Å². The molecule has 233 valence electrons. The van der Waals surface area contributed by atoms with Crippen LogP contribution in [-0.4, -0.2) is 41.2 Å². The monoisotopic (exact) mass is 779 g/mol. The van der Waals surface area contributed by atoms with Crippen LogP contribution >= 0.6 is 0 Å². The van der Waals surface area contributed by atoms with Crippen LogP contribution in [0, 0.1) is 54.5 Å². The van der Waals surface area contributed by atoms with Gasteiger partial charge in [0.15, 0.2) is 11.6 Å². The first-order valence-electron chi connectivity index (χ1n) is 14.4. The number of pyridine rings is 3. The fourth-order valence-electron chi connectivity index (χ4n) is 4.31. The fourth-order valence-corrected chi connectivity index (χ4v) is 4.31. The van der Waals surface area contributed by atoms with Gasteiger partial charge in [0.2, 0.25) is 0 Å². The average Bonchev–Trinajstić information content (AvgIpc) is 3.46. The molecule has 5 heterocycles. The maximum Gasteiger partial charge on any atom is 1.00 e. The molecule has 0 saturated carbocycles. The minimum atomic E-state index is 0. The average molecular weight is 778 g/mol. The summed E-state index contributed by atoms with van der Waals surface area (Å²) >= 11 is 0. The van der Waals surface area contributed by atoms with Crippen molar-refractivity contribution in [3.63, 3.8) is 0 Å². The van der Waals surface area contributed by atoms with Crippen molar-refractivity contribution >= 4 is 0 Å². The van der Waals surface area contributed by atoms with Crippen LogP contribution in [0.5, 0.6) is 5.75 Å². The predicted molar refractivity (Wildman–Crippen MR) is 174 cm³/mol. The summed E-state index contributed by atoms with van der Waals surface area (Å²) in [6.07, 6.45) is 5.34. The molecule has 6 aromatic rings. The van der Waals surface area contributed by atoms with E-state index in [2.05, 4.69) is 58.9 Å². The molecule has 0 amide bonds. The molecule has 5 aromatic heterocycles. The molecule has 45 heavy (non-hydrogen) atoms. The van der Waals surface area contributed by atoms with E-state index in [4.69, 9.17) is 10.5 Å². The summed E-state index contributed by atoms with van der Waals surface area (Å²) in [5, 5.41) is 8.87. The standard InChI is InChI=1S/C13H13N2O.2C11H13N3.Os/c1-10-5-6-15-13(7-10)11-3-2-4-12(8-11)16-9-14;2*1-8-9(2)13-14(10(8)3)11-6-4-5-7-12-11;/h2,4-8H,9,14H2,1H3;2*4-7H,1-3H3;/q-1;;;+1. The molecular weight excluding hydrogens is 739 g/mol. The van der Waals surface area contributed by atoms with E-state index in [1.54, 1.807) is 18.6 Å². The Kier molecular flexibility index (Phi) is 12.8. The van der Waals surface area contributed by atoms with Gasteiger partial charge in [-0.3, -0.25) is 5.73 Å². The maximum absolute atomic E-state index is 5.33. The van der Waals surface area contributed by atoms with E-state index in [0.29, 0.717) is 0 Å². The number of nitrogens with zero attached hydrogens (tertiary/aromatic N) is 7. The number of rotatable bonds is 5. The third-order valence-corrected chi connectivity index (χ3v) is 7.25. The zero-order valence-corrected chi connectivity index (χ0v) is 29.3. The van der Waals surface area contributed by atoms with Crippen LogP contribution < -0.4 is 10.5 Å². The Morgan fingerprint density at radius 3 is 1.67 bits per heavy atom. The summed E-state index contributed by atoms with van der Waals surface area (Å²) in [6.45, 7) is 14.5. The second-order valence-corrected chi connectivity index (χ2v) is 10.3. The first kappa shape index (κ1) is 35.0. The van der Waals surface area contributed by atoms with Gasteiger partial charge in [-0.15, -0.1) is 29.8 Å². The molecule has 0 spiro atoms. The van der Waals surface area contributed by atoms with Gasteiger partial charge in [0.05, 0.1) is 11.4 Å². The SMILES string of the molecule is Cc1ccnc(-c2[c-]ccc(OCN)c2)c1.Cc1nn(-c2ccccn2)c(C)c1C.Cc1nn(-c2ccccn2)c(C)c1C.[Os+]. The number of hydrogen-bond donors (Lipinski definition) is 1. The molecule has 1 aromatic carbocycles. The molecule has 0 aliphatic rings. The normalized spacial score (nSPS) is 10.1. The summed E-state index contributed by atoms with van der Waals surface area (Å²) in [4.78, 5) is 12.8. The van der Waals surface area contributed by atoms with E-state index in [-0.39, 0.29) is 26.5 Å². The third-order valence-electron chi connectivity index (χ3n) is 7.25. The molecular formula is C35H39N8OOs. The van der Waals surface area contributed by atoms with Crippen molar-refractivity contribution in [2.24, 2.45) is 5.73 Å². The Morgan fingerprint density at radius 2 is 1.24 bits per heavy atom. The number of aryl methyl sites for hydroxylation is 3. The Hall–Kier alpha value is -4.51. The summed E-state index contributed by atoms with van der Waals surface area (Å²) in [7, 11) is 0. The van der Waals surface area contributed by atoms with Gasteiger partial charge >= 0.3 is 19.8 Å². The van der Waals surface area contributed by atoms with Gasteiger partial charge < -0.3 is 9.72 Å². The molecule has 6 rings (SSSR count). The smallest absolute Gasteiger partial charge is 0.498 e. The Bertz CT molecular complexity index is 1710. The van der Waals surface area contributed by atoms with Crippen LogP contribution in [0.4, 0.5) is 0 Å². The van der Waals surface area contributed by atoms with E-state index in [9.17, 15) is 0 Å². The van der Waals surface area contributed by atoms with Crippen molar-refractivity contribution in [1.29, 1.82) is 0 Å². The number of aromatic nitrogens is 7. The van der Waals surface area contributed by atoms with Crippen molar-refractivity contribution in [3.8, 4) is 28.6 Å². The minimum absolute atomic E-state index is 0. The molecule has 0 aliphatic heterocycles. The molecule has 0 fully saturated rings. The summed E-state index contributed by atoms with van der Waals surface area (Å²) < 4.78 is 8.99. The topological polar surface area (TPSA) is 110 Å². The van der Waals surface area contributed by atoms with Gasteiger partial charge in [-0.05, 0) is 95.6 Å². The molecule has 1 radical (unpaired) electrons. The predicted octanol–water partition coefficient (Wildman–Crippen LogP) is 6.53. The molecule has 9 nitrogen and oxygen atoms in total. The Morgan fingerprint density at radius 1 is 0.689 bits per heavy atom. The van der Waals surface area contributed by atoms with E-state index in [0.717, 1.165) is 51.4 Å².